The van der Waals surface area contributed by atoms with Crippen LogP contribution in [0.2, 0.25) is 5.02 Å². The van der Waals surface area contributed by atoms with Crippen molar-refractivity contribution in [1.82, 2.24) is 10.2 Å². The number of nitrogens with one attached hydrogen (secondary N) is 2. The molecule has 1 saturated carbocycles. The van der Waals surface area contributed by atoms with Gasteiger partial charge in [0.2, 0.25) is 6.10 Å². The Hall–Kier alpha value is -2.98. The van der Waals surface area contributed by atoms with E-state index in [-0.39, 0.29) is 21.3 Å². The second kappa shape index (κ2) is 9.48. The van der Waals surface area contributed by atoms with Gasteiger partial charge in [0.15, 0.2) is 21.4 Å². The summed E-state index contributed by atoms with van der Waals surface area (Å²) in [4.78, 5) is 13.0. The zero-order chi connectivity index (χ0) is 23.6. The first-order valence-corrected chi connectivity index (χ1v) is 12.1. The maximum absolute atomic E-state index is 14.4. The van der Waals surface area contributed by atoms with Crippen LogP contribution in [-0.2, 0) is 14.6 Å². The summed E-state index contributed by atoms with van der Waals surface area (Å²) < 4.78 is 60.3. The molecule has 1 aliphatic carbocycles. The lowest BCUT2D eigenvalue weighted by molar-refractivity contribution is -0.123. The van der Waals surface area contributed by atoms with Crippen LogP contribution in [0, 0.1) is 11.6 Å². The third kappa shape index (κ3) is 4.86. The molecular weight excluding hydrogens is 476 g/mol. The van der Waals surface area contributed by atoms with Gasteiger partial charge in [-0.1, -0.05) is 36.6 Å². The first-order chi connectivity index (χ1) is 15.8. The number of sulfone groups is 1. The molecule has 4 rings (SSSR count). The number of hydrogen-bond donors (Lipinski definition) is 2. The highest BCUT2D eigenvalue weighted by Crippen LogP contribution is 2.39. The lowest BCUT2D eigenvalue weighted by atomic mass is 10.1. The van der Waals surface area contributed by atoms with Crippen LogP contribution in [0.25, 0.3) is 0 Å². The monoisotopic (exact) mass is 495 g/mol. The quantitative estimate of drug-likeness (QED) is 0.489. The number of rotatable bonds is 7. The van der Waals surface area contributed by atoms with Crippen LogP contribution in [0.5, 0.6) is 5.75 Å². The first-order valence-electron chi connectivity index (χ1n) is 10.2. The summed E-state index contributed by atoms with van der Waals surface area (Å²) in [6.07, 6.45) is 2.28. The fourth-order valence-corrected chi connectivity index (χ4v) is 6.51. The van der Waals surface area contributed by atoms with E-state index in [2.05, 4.69) is 15.5 Å². The number of amides is 1. The van der Waals surface area contributed by atoms with Crippen molar-refractivity contribution >= 4 is 33.2 Å². The molecule has 0 aliphatic heterocycles. The normalized spacial score (nSPS) is 15.4. The number of ether oxygens (including phenoxy) is 1. The molecule has 3 aromatic rings. The van der Waals surface area contributed by atoms with Gasteiger partial charge >= 0.3 is 0 Å². The molecule has 7 nitrogen and oxygen atoms in total. The van der Waals surface area contributed by atoms with E-state index < -0.39 is 44.5 Å². The number of anilines is 1. The van der Waals surface area contributed by atoms with E-state index in [0.29, 0.717) is 18.9 Å². The summed E-state index contributed by atoms with van der Waals surface area (Å²) in [5, 5.41) is 8.10. The fourth-order valence-electron chi connectivity index (χ4n) is 3.88. The predicted octanol–water partition coefficient (Wildman–Crippen LogP) is 4.82. The molecule has 1 aliphatic rings. The molecule has 1 atom stereocenters. The summed E-state index contributed by atoms with van der Waals surface area (Å²) in [6, 6.07) is 8.36. The average Bonchev–Trinajstić information content (AvgIpc) is 3.47. The molecule has 1 amide bonds. The maximum Gasteiger partial charge on any atom is 0.271 e. The standard InChI is InChI=1S/C22H20ClF2N3O4S/c23-16-7-3-6-15(21(16)33(30,31)14-4-1-2-5-14)20(22(29)27-19-10-11-26-28-19)32-18-9-8-13(24)12-17(18)25/h3,6-12,14,20H,1-2,4-5H2,(H2,26,27,28,29). The Morgan fingerprint density at radius 2 is 1.94 bits per heavy atom. The Labute approximate surface area is 194 Å². The van der Waals surface area contributed by atoms with Crippen molar-refractivity contribution in [2.24, 2.45) is 0 Å². The van der Waals surface area contributed by atoms with Crippen molar-refractivity contribution in [1.29, 1.82) is 0 Å². The molecule has 0 spiro atoms. The van der Waals surface area contributed by atoms with Gasteiger partial charge in [0.1, 0.15) is 11.6 Å². The van der Waals surface area contributed by atoms with Crippen molar-refractivity contribution in [3.05, 3.63) is 70.9 Å². The summed E-state index contributed by atoms with van der Waals surface area (Å²) in [5.41, 5.74) is -0.0462. The van der Waals surface area contributed by atoms with E-state index in [1.165, 1.54) is 30.5 Å². The number of nitrogens with zero attached hydrogens (tertiary/aromatic N) is 1. The van der Waals surface area contributed by atoms with Crippen LogP contribution in [0.3, 0.4) is 0 Å². The SMILES string of the molecule is O=C(Nc1ccn[nH]1)C(Oc1ccc(F)cc1F)c1cccc(Cl)c1S(=O)(=O)C1CCCC1. The Balaban J connectivity index is 1.81. The lowest BCUT2D eigenvalue weighted by Crippen LogP contribution is -2.29. The van der Waals surface area contributed by atoms with Crippen molar-refractivity contribution in [2.45, 2.75) is 41.9 Å². The predicted molar refractivity (Wildman–Crippen MR) is 118 cm³/mol. The molecule has 1 unspecified atom stereocenters. The Bertz CT molecular complexity index is 1260. The van der Waals surface area contributed by atoms with Gasteiger partial charge in [0.25, 0.3) is 5.91 Å². The smallest absolute Gasteiger partial charge is 0.271 e. The lowest BCUT2D eigenvalue weighted by Gasteiger charge is -2.23. The van der Waals surface area contributed by atoms with Gasteiger partial charge in [0.05, 0.1) is 21.4 Å². The Morgan fingerprint density at radius 1 is 1.18 bits per heavy atom. The third-order valence-electron chi connectivity index (χ3n) is 5.44. The zero-order valence-electron chi connectivity index (χ0n) is 17.2. The van der Waals surface area contributed by atoms with Crippen LogP contribution in [0.1, 0.15) is 37.4 Å². The third-order valence-corrected chi connectivity index (χ3v) is 8.24. The van der Waals surface area contributed by atoms with Crippen molar-refractivity contribution in [3.8, 4) is 5.75 Å². The molecule has 33 heavy (non-hydrogen) atoms. The van der Waals surface area contributed by atoms with E-state index in [1.807, 2.05) is 0 Å². The molecule has 1 aromatic heterocycles. The summed E-state index contributed by atoms with van der Waals surface area (Å²) in [7, 11) is -3.92. The Kier molecular flexibility index (Phi) is 6.66. The number of carbonyl (C=O) groups is 1. The molecular formula is C22H20ClF2N3O4S. The molecule has 174 valence electrons. The highest BCUT2D eigenvalue weighted by atomic mass is 35.5. The summed E-state index contributed by atoms with van der Waals surface area (Å²) >= 11 is 6.33. The van der Waals surface area contributed by atoms with E-state index in [1.54, 1.807) is 0 Å². The first kappa shape index (κ1) is 23.2. The van der Waals surface area contributed by atoms with Gasteiger partial charge in [-0.05, 0) is 31.0 Å². The number of H-pyrrole nitrogens is 1. The topological polar surface area (TPSA) is 101 Å². The van der Waals surface area contributed by atoms with Crippen LogP contribution < -0.4 is 10.1 Å². The number of carbonyl (C=O) groups excluding carboxylic acids is 1. The highest BCUT2D eigenvalue weighted by molar-refractivity contribution is 7.92. The molecule has 0 radical (unpaired) electrons. The number of aromatic amines is 1. The molecule has 1 fully saturated rings. The molecule has 11 heteroatoms. The number of halogens is 3. The van der Waals surface area contributed by atoms with Crippen molar-refractivity contribution in [2.75, 3.05) is 5.32 Å². The van der Waals surface area contributed by atoms with Gasteiger partial charge in [-0.25, -0.2) is 17.2 Å². The van der Waals surface area contributed by atoms with Gasteiger partial charge in [-0.15, -0.1) is 0 Å². The largest absolute Gasteiger partial charge is 0.473 e. The van der Waals surface area contributed by atoms with E-state index >= 15 is 0 Å². The van der Waals surface area contributed by atoms with Crippen molar-refractivity contribution < 1.29 is 26.7 Å². The molecule has 1 heterocycles. The van der Waals surface area contributed by atoms with E-state index in [9.17, 15) is 22.0 Å². The minimum absolute atomic E-state index is 0.0462. The average molecular weight is 496 g/mol. The van der Waals surface area contributed by atoms with Crippen LogP contribution in [0.15, 0.2) is 53.6 Å². The van der Waals surface area contributed by atoms with Gasteiger partial charge < -0.3 is 10.1 Å². The highest BCUT2D eigenvalue weighted by Gasteiger charge is 2.37. The second-order valence-corrected chi connectivity index (χ2v) is 10.2. The minimum atomic E-state index is -3.92. The van der Waals surface area contributed by atoms with Crippen LogP contribution in [0.4, 0.5) is 14.6 Å². The van der Waals surface area contributed by atoms with Crippen molar-refractivity contribution in [3.63, 3.8) is 0 Å². The fraction of sp³-hybridized carbons (Fsp3) is 0.273. The van der Waals surface area contributed by atoms with E-state index in [0.717, 1.165) is 25.0 Å². The minimum Gasteiger partial charge on any atom is -0.473 e. The number of hydrogen-bond acceptors (Lipinski definition) is 5. The molecule has 0 bridgehead atoms. The van der Waals surface area contributed by atoms with E-state index in [4.69, 9.17) is 16.3 Å². The Morgan fingerprint density at radius 3 is 2.61 bits per heavy atom. The zero-order valence-corrected chi connectivity index (χ0v) is 18.8. The second-order valence-electron chi connectivity index (χ2n) is 7.64. The molecule has 2 aromatic carbocycles. The van der Waals surface area contributed by atoms with Gasteiger partial charge in [-0.2, -0.15) is 5.10 Å². The maximum atomic E-state index is 14.4. The van der Waals surface area contributed by atoms with Crippen LogP contribution in [-0.4, -0.2) is 29.8 Å². The number of aromatic nitrogens is 2. The number of benzene rings is 2. The van der Waals surface area contributed by atoms with Gasteiger partial charge in [-0.3, -0.25) is 9.89 Å². The summed E-state index contributed by atoms with van der Waals surface area (Å²) in [5.74, 6) is -2.88. The summed E-state index contributed by atoms with van der Waals surface area (Å²) in [6.45, 7) is 0. The molecule has 0 saturated heterocycles. The van der Waals surface area contributed by atoms with Gasteiger partial charge in [0, 0.05) is 17.7 Å². The van der Waals surface area contributed by atoms with Crippen LogP contribution >= 0.6 is 11.6 Å². The molecule has 2 N–H and O–H groups in total.